The second-order valence-corrected chi connectivity index (χ2v) is 6.91. The maximum atomic E-state index is 12.9. The van der Waals surface area contributed by atoms with Gasteiger partial charge in [0, 0.05) is 16.4 Å². The summed E-state index contributed by atoms with van der Waals surface area (Å²) in [6, 6.07) is 17.6. The molecule has 2 nitrogen and oxygen atoms in total. The van der Waals surface area contributed by atoms with Crippen LogP contribution >= 0.6 is 22.6 Å². The van der Waals surface area contributed by atoms with Crippen molar-refractivity contribution >= 4 is 34.2 Å². The fourth-order valence-electron chi connectivity index (χ4n) is 3.29. The van der Waals surface area contributed by atoms with E-state index in [0.29, 0.717) is 25.7 Å². The van der Waals surface area contributed by atoms with Crippen LogP contribution in [0.4, 0.5) is 0 Å². The van der Waals surface area contributed by atoms with E-state index in [0.717, 1.165) is 14.7 Å². The molecule has 3 rings (SSSR count). The molecule has 1 aliphatic rings. The summed E-state index contributed by atoms with van der Waals surface area (Å²) in [5.74, 6) is 0.133. The predicted molar refractivity (Wildman–Crippen MR) is 94.8 cm³/mol. The summed E-state index contributed by atoms with van der Waals surface area (Å²) in [5, 5.41) is 0. The van der Waals surface area contributed by atoms with Crippen molar-refractivity contribution in [1.82, 2.24) is 0 Å². The summed E-state index contributed by atoms with van der Waals surface area (Å²) in [5.41, 5.74) is 0.900. The molecule has 2 aromatic rings. The van der Waals surface area contributed by atoms with Gasteiger partial charge in [-0.05, 0) is 52.6 Å². The SMILES string of the molecule is O=C1CCCC(=O)C1(Cc1ccccc1)c1ccccc1I. The monoisotopic (exact) mass is 404 g/mol. The minimum atomic E-state index is -1.00. The Hall–Kier alpha value is -1.49. The second kappa shape index (κ2) is 6.32. The molecule has 0 bridgehead atoms. The maximum Gasteiger partial charge on any atom is 0.151 e. The summed E-state index contributed by atoms with van der Waals surface area (Å²) >= 11 is 2.23. The molecule has 1 aliphatic carbocycles. The van der Waals surface area contributed by atoms with E-state index in [1.165, 1.54) is 0 Å². The number of carbonyl (C=O) groups excluding carboxylic acids is 2. The van der Waals surface area contributed by atoms with Gasteiger partial charge in [-0.3, -0.25) is 9.59 Å². The van der Waals surface area contributed by atoms with E-state index in [1.807, 2.05) is 54.6 Å². The molecule has 0 N–H and O–H groups in total. The van der Waals surface area contributed by atoms with Crippen LogP contribution in [0.25, 0.3) is 0 Å². The van der Waals surface area contributed by atoms with Crippen molar-refractivity contribution in [3.63, 3.8) is 0 Å². The van der Waals surface area contributed by atoms with Crippen molar-refractivity contribution in [3.8, 4) is 0 Å². The first-order valence-corrected chi connectivity index (χ1v) is 8.58. The van der Waals surface area contributed by atoms with Crippen LogP contribution in [0.15, 0.2) is 54.6 Å². The van der Waals surface area contributed by atoms with Crippen LogP contribution in [-0.2, 0) is 21.4 Å². The number of rotatable bonds is 3. The highest BCUT2D eigenvalue weighted by Gasteiger charge is 2.48. The van der Waals surface area contributed by atoms with Gasteiger partial charge in [0.1, 0.15) is 5.41 Å². The van der Waals surface area contributed by atoms with E-state index in [9.17, 15) is 9.59 Å². The Bertz CT molecular complexity index is 690. The standard InChI is InChI=1S/C19H17IO2/c20-16-10-5-4-9-15(16)19(13-14-7-2-1-3-8-14)17(21)11-6-12-18(19)22/h1-5,7-10H,6,11-13H2. The number of hydrogen-bond donors (Lipinski definition) is 0. The fourth-order valence-corrected chi connectivity index (χ4v) is 4.14. The molecule has 0 amide bonds. The number of Topliss-reactive ketones (excluding diaryl/α,β-unsaturated/α-hetero) is 2. The highest BCUT2D eigenvalue weighted by molar-refractivity contribution is 14.1. The molecule has 0 atom stereocenters. The van der Waals surface area contributed by atoms with Crippen molar-refractivity contribution in [1.29, 1.82) is 0 Å². The molecule has 0 aliphatic heterocycles. The molecule has 22 heavy (non-hydrogen) atoms. The molecule has 0 radical (unpaired) electrons. The van der Waals surface area contributed by atoms with E-state index in [4.69, 9.17) is 0 Å². The number of carbonyl (C=O) groups is 2. The normalized spacial score (nSPS) is 17.5. The van der Waals surface area contributed by atoms with E-state index < -0.39 is 5.41 Å². The Labute approximate surface area is 144 Å². The van der Waals surface area contributed by atoms with Gasteiger partial charge < -0.3 is 0 Å². The summed E-state index contributed by atoms with van der Waals surface area (Å²) in [6.45, 7) is 0. The summed E-state index contributed by atoms with van der Waals surface area (Å²) in [6.07, 6.45) is 2.12. The van der Waals surface area contributed by atoms with Crippen molar-refractivity contribution < 1.29 is 9.59 Å². The summed E-state index contributed by atoms with van der Waals surface area (Å²) in [7, 11) is 0. The minimum Gasteiger partial charge on any atom is -0.298 e. The molecule has 0 unspecified atom stereocenters. The molecular weight excluding hydrogens is 387 g/mol. The van der Waals surface area contributed by atoms with Crippen LogP contribution in [0.2, 0.25) is 0 Å². The predicted octanol–water partition coefficient (Wildman–Crippen LogP) is 4.09. The quantitative estimate of drug-likeness (QED) is 0.571. The van der Waals surface area contributed by atoms with E-state index >= 15 is 0 Å². The largest absolute Gasteiger partial charge is 0.298 e. The number of benzene rings is 2. The van der Waals surface area contributed by atoms with Gasteiger partial charge in [0.15, 0.2) is 11.6 Å². The Kier molecular flexibility index (Phi) is 4.43. The first kappa shape index (κ1) is 15.4. The first-order chi connectivity index (χ1) is 10.6. The maximum absolute atomic E-state index is 12.9. The van der Waals surface area contributed by atoms with Crippen LogP contribution in [-0.4, -0.2) is 11.6 Å². The topological polar surface area (TPSA) is 34.1 Å². The zero-order chi connectivity index (χ0) is 15.6. The summed E-state index contributed by atoms with van der Waals surface area (Å²) in [4.78, 5) is 25.7. The van der Waals surface area contributed by atoms with Gasteiger partial charge in [-0.25, -0.2) is 0 Å². The molecule has 1 fully saturated rings. The number of ketones is 2. The molecule has 1 saturated carbocycles. The van der Waals surface area contributed by atoms with Gasteiger partial charge in [0.2, 0.25) is 0 Å². The van der Waals surface area contributed by atoms with Crippen LogP contribution in [0.1, 0.15) is 30.4 Å². The van der Waals surface area contributed by atoms with E-state index in [-0.39, 0.29) is 11.6 Å². The fraction of sp³-hybridized carbons (Fsp3) is 0.263. The molecule has 0 spiro atoms. The van der Waals surface area contributed by atoms with E-state index in [2.05, 4.69) is 22.6 Å². The number of hydrogen-bond acceptors (Lipinski definition) is 2. The van der Waals surface area contributed by atoms with Gasteiger partial charge in [-0.1, -0.05) is 48.5 Å². The van der Waals surface area contributed by atoms with Crippen LogP contribution in [0, 0.1) is 3.57 Å². The molecule has 0 saturated heterocycles. The minimum absolute atomic E-state index is 0.0664. The molecular formula is C19H17IO2. The van der Waals surface area contributed by atoms with E-state index in [1.54, 1.807) is 0 Å². The zero-order valence-corrected chi connectivity index (χ0v) is 14.4. The van der Waals surface area contributed by atoms with Gasteiger partial charge in [-0.15, -0.1) is 0 Å². The van der Waals surface area contributed by atoms with Crippen LogP contribution in [0.5, 0.6) is 0 Å². The lowest BCUT2D eigenvalue weighted by Crippen LogP contribution is -2.48. The van der Waals surface area contributed by atoms with Crippen LogP contribution in [0.3, 0.4) is 0 Å². The molecule has 3 heteroatoms. The zero-order valence-electron chi connectivity index (χ0n) is 12.2. The third-order valence-electron chi connectivity index (χ3n) is 4.41. The Morgan fingerprint density at radius 3 is 2.09 bits per heavy atom. The summed E-state index contributed by atoms with van der Waals surface area (Å²) < 4.78 is 0.986. The Morgan fingerprint density at radius 1 is 0.864 bits per heavy atom. The Morgan fingerprint density at radius 2 is 1.45 bits per heavy atom. The Balaban J connectivity index is 2.16. The lowest BCUT2D eigenvalue weighted by atomic mass is 9.64. The molecule has 112 valence electrons. The first-order valence-electron chi connectivity index (χ1n) is 7.50. The average Bonchev–Trinajstić information content (AvgIpc) is 2.53. The van der Waals surface area contributed by atoms with Crippen LogP contribution < -0.4 is 0 Å². The van der Waals surface area contributed by atoms with Crippen molar-refractivity contribution in [2.45, 2.75) is 31.1 Å². The lowest BCUT2D eigenvalue weighted by Gasteiger charge is -2.35. The second-order valence-electron chi connectivity index (χ2n) is 5.75. The molecule has 2 aromatic carbocycles. The van der Waals surface area contributed by atoms with Gasteiger partial charge in [0.25, 0.3) is 0 Å². The van der Waals surface area contributed by atoms with Gasteiger partial charge in [0.05, 0.1) is 0 Å². The highest BCUT2D eigenvalue weighted by Crippen LogP contribution is 2.39. The third kappa shape index (κ3) is 2.62. The van der Waals surface area contributed by atoms with Gasteiger partial charge >= 0.3 is 0 Å². The molecule has 0 heterocycles. The molecule has 0 aromatic heterocycles. The van der Waals surface area contributed by atoms with Crippen molar-refractivity contribution in [2.24, 2.45) is 0 Å². The van der Waals surface area contributed by atoms with Crippen molar-refractivity contribution in [2.75, 3.05) is 0 Å². The smallest absolute Gasteiger partial charge is 0.151 e. The van der Waals surface area contributed by atoms with Crippen molar-refractivity contribution in [3.05, 3.63) is 69.3 Å². The third-order valence-corrected chi connectivity index (χ3v) is 5.35. The highest BCUT2D eigenvalue weighted by atomic mass is 127. The lowest BCUT2D eigenvalue weighted by molar-refractivity contribution is -0.138. The average molecular weight is 404 g/mol. The van der Waals surface area contributed by atoms with Gasteiger partial charge in [-0.2, -0.15) is 0 Å². The number of halogens is 1.